The fourth-order valence-corrected chi connectivity index (χ4v) is 7.27. The zero-order valence-electron chi connectivity index (χ0n) is 25.1. The summed E-state index contributed by atoms with van der Waals surface area (Å²) in [6.45, 7) is 0. The molecule has 9 aromatic rings. The number of nitrogens with zero attached hydrogens (tertiary/aromatic N) is 5. The van der Waals surface area contributed by atoms with E-state index >= 15 is 0 Å². The van der Waals surface area contributed by atoms with Crippen molar-refractivity contribution in [3.63, 3.8) is 0 Å². The SMILES string of the molecule is c1ccc(-c2nc(-c3ccccc3)nc(-c3ccc(-c4nc(-c5cccc6c5sc5ccccc56)nc5ccccc45)cc3)n2)cc1. The van der Waals surface area contributed by atoms with Crippen LogP contribution < -0.4 is 0 Å². The minimum Gasteiger partial charge on any atom is -0.228 e. The van der Waals surface area contributed by atoms with E-state index in [2.05, 4.69) is 78.9 Å². The predicted molar refractivity (Wildman–Crippen MR) is 193 cm³/mol. The summed E-state index contributed by atoms with van der Waals surface area (Å²) in [5.41, 5.74) is 6.63. The number of para-hydroxylation sites is 1. The summed E-state index contributed by atoms with van der Waals surface area (Å²) in [7, 11) is 0. The van der Waals surface area contributed by atoms with Gasteiger partial charge in [0.25, 0.3) is 0 Å². The fraction of sp³-hybridized carbons (Fsp3) is 0. The molecule has 0 aliphatic carbocycles. The van der Waals surface area contributed by atoms with Gasteiger partial charge < -0.3 is 0 Å². The summed E-state index contributed by atoms with van der Waals surface area (Å²) in [6, 6.07) is 51.6. The average molecular weight is 620 g/mol. The van der Waals surface area contributed by atoms with Crippen molar-refractivity contribution in [2.45, 2.75) is 0 Å². The summed E-state index contributed by atoms with van der Waals surface area (Å²) >= 11 is 1.79. The molecule has 0 fully saturated rings. The van der Waals surface area contributed by atoms with Crippen LogP contribution >= 0.6 is 11.3 Å². The molecule has 6 heteroatoms. The molecule has 3 aromatic heterocycles. The predicted octanol–water partition coefficient (Wildman–Crippen LogP) is 10.5. The molecule has 9 rings (SSSR count). The number of hydrogen-bond donors (Lipinski definition) is 0. The van der Waals surface area contributed by atoms with Crippen molar-refractivity contribution < 1.29 is 0 Å². The minimum atomic E-state index is 0.619. The van der Waals surface area contributed by atoms with Crippen LogP contribution in [0.2, 0.25) is 0 Å². The largest absolute Gasteiger partial charge is 0.228 e. The van der Waals surface area contributed by atoms with E-state index in [-0.39, 0.29) is 0 Å². The zero-order valence-corrected chi connectivity index (χ0v) is 25.9. The molecule has 0 saturated carbocycles. The number of rotatable bonds is 5. The third-order valence-electron chi connectivity index (χ3n) is 8.36. The highest BCUT2D eigenvalue weighted by atomic mass is 32.1. The van der Waals surface area contributed by atoms with Gasteiger partial charge in [-0.2, -0.15) is 0 Å². The van der Waals surface area contributed by atoms with Crippen molar-refractivity contribution in [1.82, 2.24) is 24.9 Å². The number of thiophene rings is 1. The number of hydrogen-bond acceptors (Lipinski definition) is 6. The van der Waals surface area contributed by atoms with Gasteiger partial charge in [0.15, 0.2) is 23.3 Å². The van der Waals surface area contributed by atoms with E-state index in [0.29, 0.717) is 17.5 Å². The van der Waals surface area contributed by atoms with Crippen LogP contribution in [0.3, 0.4) is 0 Å². The monoisotopic (exact) mass is 619 g/mol. The van der Waals surface area contributed by atoms with E-state index in [0.717, 1.165) is 50.2 Å². The van der Waals surface area contributed by atoms with Gasteiger partial charge in [-0.25, -0.2) is 24.9 Å². The maximum atomic E-state index is 5.23. The molecule has 3 heterocycles. The van der Waals surface area contributed by atoms with E-state index in [1.165, 1.54) is 20.2 Å². The van der Waals surface area contributed by atoms with E-state index in [1.54, 1.807) is 11.3 Å². The molecule has 0 saturated heterocycles. The molecule has 220 valence electrons. The molecule has 0 radical (unpaired) electrons. The van der Waals surface area contributed by atoms with Gasteiger partial charge in [0.1, 0.15) is 0 Å². The molecule has 0 spiro atoms. The van der Waals surface area contributed by atoms with Crippen LogP contribution in [0.15, 0.2) is 152 Å². The highest BCUT2D eigenvalue weighted by Gasteiger charge is 2.17. The normalized spacial score (nSPS) is 11.4. The molecule has 0 amide bonds. The first-order valence-corrected chi connectivity index (χ1v) is 16.3. The molecule has 0 N–H and O–H groups in total. The molecular weight excluding hydrogens is 595 g/mol. The smallest absolute Gasteiger partial charge is 0.164 e. The van der Waals surface area contributed by atoms with Gasteiger partial charge in [0.05, 0.1) is 11.2 Å². The van der Waals surface area contributed by atoms with Crippen molar-refractivity contribution in [2.75, 3.05) is 0 Å². The summed E-state index contributed by atoms with van der Waals surface area (Å²) in [5, 5.41) is 3.49. The Hall–Kier alpha value is -6.11. The molecule has 47 heavy (non-hydrogen) atoms. The van der Waals surface area contributed by atoms with Crippen LogP contribution in [0, 0.1) is 0 Å². The number of fused-ring (bicyclic) bond motifs is 4. The summed E-state index contributed by atoms with van der Waals surface area (Å²) in [4.78, 5) is 24.9. The molecule has 6 aromatic carbocycles. The Morgan fingerprint density at radius 3 is 1.55 bits per heavy atom. The Morgan fingerprint density at radius 2 is 0.872 bits per heavy atom. The van der Waals surface area contributed by atoms with Crippen LogP contribution in [0.5, 0.6) is 0 Å². The molecule has 0 aliphatic rings. The van der Waals surface area contributed by atoms with Gasteiger partial charge in [-0.05, 0) is 18.2 Å². The molecule has 0 aliphatic heterocycles. The highest BCUT2D eigenvalue weighted by Crippen LogP contribution is 2.40. The average Bonchev–Trinajstić information content (AvgIpc) is 3.54. The third-order valence-corrected chi connectivity index (χ3v) is 9.58. The molecule has 5 nitrogen and oxygen atoms in total. The molecule has 0 unspecified atom stereocenters. The van der Waals surface area contributed by atoms with Crippen LogP contribution in [0.25, 0.3) is 87.9 Å². The Kier molecular flexibility index (Phi) is 6.58. The second kappa shape index (κ2) is 11.4. The van der Waals surface area contributed by atoms with Crippen LogP contribution in [0.1, 0.15) is 0 Å². The lowest BCUT2D eigenvalue weighted by molar-refractivity contribution is 1.07. The third kappa shape index (κ3) is 4.92. The Balaban J connectivity index is 1.17. The Morgan fingerprint density at radius 1 is 0.340 bits per heavy atom. The van der Waals surface area contributed by atoms with Crippen molar-refractivity contribution in [3.8, 4) is 56.8 Å². The summed E-state index contributed by atoms with van der Waals surface area (Å²) in [6.07, 6.45) is 0. The van der Waals surface area contributed by atoms with Gasteiger partial charge >= 0.3 is 0 Å². The topological polar surface area (TPSA) is 64.5 Å². The maximum absolute atomic E-state index is 5.23. The lowest BCUT2D eigenvalue weighted by Gasteiger charge is -2.11. The van der Waals surface area contributed by atoms with Crippen molar-refractivity contribution >= 4 is 42.4 Å². The van der Waals surface area contributed by atoms with E-state index in [9.17, 15) is 0 Å². The lowest BCUT2D eigenvalue weighted by Crippen LogP contribution is -2.00. The second-order valence-corrected chi connectivity index (χ2v) is 12.4. The van der Waals surface area contributed by atoms with Crippen LogP contribution in [0.4, 0.5) is 0 Å². The quantitative estimate of drug-likeness (QED) is 0.192. The van der Waals surface area contributed by atoms with Crippen LogP contribution in [-0.2, 0) is 0 Å². The molecule has 0 atom stereocenters. The van der Waals surface area contributed by atoms with Gasteiger partial charge in [0.2, 0.25) is 0 Å². The number of benzene rings is 6. The van der Waals surface area contributed by atoms with E-state index in [4.69, 9.17) is 24.9 Å². The summed E-state index contributed by atoms with van der Waals surface area (Å²) < 4.78 is 2.46. The first kappa shape index (κ1) is 27.2. The second-order valence-electron chi connectivity index (χ2n) is 11.3. The summed E-state index contributed by atoms with van der Waals surface area (Å²) in [5.74, 6) is 2.62. The standard InChI is InChI=1S/C41H25N5S/c1-3-12-27(13-4-1)38-44-39(28-14-5-2-6-15-28)46-40(45-38)29-24-22-26(23-25-29)36-32-17-7-9-20-34(32)42-41(43-36)33-19-11-18-31-30-16-8-10-21-35(30)47-37(31)33/h1-25H. The zero-order chi connectivity index (χ0) is 31.2. The van der Waals surface area contributed by atoms with Gasteiger partial charge in [-0.15, -0.1) is 11.3 Å². The van der Waals surface area contributed by atoms with Gasteiger partial charge in [-0.3, -0.25) is 0 Å². The van der Waals surface area contributed by atoms with E-state index in [1.807, 2.05) is 72.8 Å². The van der Waals surface area contributed by atoms with Gasteiger partial charge in [0, 0.05) is 53.4 Å². The first-order valence-electron chi connectivity index (χ1n) is 15.4. The lowest BCUT2D eigenvalue weighted by atomic mass is 10.0. The molecular formula is C41H25N5S. The van der Waals surface area contributed by atoms with Gasteiger partial charge in [-0.1, -0.05) is 133 Å². The molecule has 0 bridgehead atoms. The van der Waals surface area contributed by atoms with Crippen molar-refractivity contribution in [1.29, 1.82) is 0 Å². The van der Waals surface area contributed by atoms with Crippen molar-refractivity contribution in [2.24, 2.45) is 0 Å². The Labute approximate surface area is 275 Å². The van der Waals surface area contributed by atoms with E-state index < -0.39 is 0 Å². The van der Waals surface area contributed by atoms with Crippen LogP contribution in [-0.4, -0.2) is 24.9 Å². The fourth-order valence-electron chi connectivity index (χ4n) is 6.06. The Bertz CT molecular complexity index is 2500. The number of aromatic nitrogens is 5. The minimum absolute atomic E-state index is 0.619. The maximum Gasteiger partial charge on any atom is 0.164 e. The van der Waals surface area contributed by atoms with Crippen molar-refractivity contribution in [3.05, 3.63) is 152 Å². The first-order chi connectivity index (χ1) is 23.3. The highest BCUT2D eigenvalue weighted by molar-refractivity contribution is 7.26.